The molecule has 1 fully saturated rings. The van der Waals surface area contributed by atoms with E-state index in [0.717, 1.165) is 0 Å². The predicted molar refractivity (Wildman–Crippen MR) is 103 cm³/mol. The molecule has 1 saturated heterocycles. The van der Waals surface area contributed by atoms with Crippen molar-refractivity contribution in [2.24, 2.45) is 0 Å². The van der Waals surface area contributed by atoms with Crippen LogP contribution in [0, 0.1) is 5.82 Å². The molecule has 2 N–H and O–H groups in total. The van der Waals surface area contributed by atoms with Gasteiger partial charge < -0.3 is 19.9 Å². The van der Waals surface area contributed by atoms with Gasteiger partial charge in [-0.05, 0) is 24.3 Å². The van der Waals surface area contributed by atoms with Crippen LogP contribution in [0.1, 0.15) is 20.7 Å². The summed E-state index contributed by atoms with van der Waals surface area (Å²) in [5, 5.41) is 9.95. The van der Waals surface area contributed by atoms with Crippen LogP contribution in [0.4, 0.5) is 4.39 Å². The normalized spacial score (nSPS) is 14.2. The number of H-pyrrole nitrogens is 1. The number of para-hydroxylation sites is 1. The summed E-state index contributed by atoms with van der Waals surface area (Å²) in [4.78, 5) is 43.5. The zero-order valence-electron chi connectivity index (χ0n) is 15.4. The zero-order valence-corrected chi connectivity index (χ0v) is 15.4. The van der Waals surface area contributed by atoms with Gasteiger partial charge in [-0.15, -0.1) is 0 Å². The molecule has 7 nitrogen and oxygen atoms in total. The molecular formula is C21H18FN3O4. The van der Waals surface area contributed by atoms with Crippen molar-refractivity contribution < 1.29 is 23.9 Å². The fourth-order valence-corrected chi connectivity index (χ4v) is 3.52. The number of carbonyl (C=O) groups is 3. The van der Waals surface area contributed by atoms with E-state index < -0.39 is 17.5 Å². The largest absolute Gasteiger partial charge is 0.507 e. The Kier molecular flexibility index (Phi) is 4.75. The fraction of sp³-hybridized carbons (Fsp3) is 0.190. The van der Waals surface area contributed by atoms with Gasteiger partial charge in [-0.2, -0.15) is 0 Å². The van der Waals surface area contributed by atoms with E-state index in [1.807, 2.05) is 0 Å². The molecule has 148 valence electrons. The number of piperazine rings is 1. The minimum absolute atomic E-state index is 0.00388. The number of aromatic hydroxyl groups is 1. The van der Waals surface area contributed by atoms with E-state index >= 15 is 0 Å². The van der Waals surface area contributed by atoms with E-state index in [0.29, 0.717) is 5.52 Å². The number of rotatable bonds is 3. The van der Waals surface area contributed by atoms with Crippen LogP contribution in [0.5, 0.6) is 5.75 Å². The lowest BCUT2D eigenvalue weighted by Gasteiger charge is -2.34. The van der Waals surface area contributed by atoms with Gasteiger partial charge in [-0.25, -0.2) is 4.39 Å². The summed E-state index contributed by atoms with van der Waals surface area (Å²) in [5.74, 6) is -2.53. The highest BCUT2D eigenvalue weighted by Crippen LogP contribution is 2.23. The van der Waals surface area contributed by atoms with Crippen molar-refractivity contribution in [1.82, 2.24) is 14.8 Å². The molecule has 2 aromatic carbocycles. The lowest BCUT2D eigenvalue weighted by molar-refractivity contribution is -0.127. The van der Waals surface area contributed by atoms with E-state index in [1.165, 1.54) is 40.3 Å². The summed E-state index contributed by atoms with van der Waals surface area (Å²) in [6.07, 6.45) is 1.34. The van der Waals surface area contributed by atoms with Crippen LogP contribution in [0.2, 0.25) is 0 Å². The number of hydrogen-bond acceptors (Lipinski definition) is 4. The van der Waals surface area contributed by atoms with Crippen molar-refractivity contribution in [3.05, 3.63) is 65.6 Å². The average molecular weight is 395 g/mol. The average Bonchev–Trinajstić information content (AvgIpc) is 3.18. The number of phenolic OH excluding ortho intramolecular Hbond substituents is 1. The fourth-order valence-electron chi connectivity index (χ4n) is 3.52. The summed E-state index contributed by atoms with van der Waals surface area (Å²) in [6, 6.07) is 10.6. The quantitative estimate of drug-likeness (QED) is 0.525. The number of benzene rings is 2. The van der Waals surface area contributed by atoms with Crippen LogP contribution >= 0.6 is 0 Å². The lowest BCUT2D eigenvalue weighted by Crippen LogP contribution is -2.52. The minimum atomic E-state index is -0.790. The van der Waals surface area contributed by atoms with Crippen LogP contribution in [-0.4, -0.2) is 63.7 Å². The summed E-state index contributed by atoms with van der Waals surface area (Å²) in [7, 11) is 0. The first-order valence-corrected chi connectivity index (χ1v) is 9.14. The predicted octanol–water partition coefficient (Wildman–Crippen LogP) is 2.18. The smallest absolute Gasteiger partial charge is 0.295 e. The Morgan fingerprint density at radius 1 is 0.897 bits per heavy atom. The van der Waals surface area contributed by atoms with Crippen molar-refractivity contribution in [2.45, 2.75) is 0 Å². The number of nitrogens with one attached hydrogen (secondary N) is 1. The molecule has 0 aliphatic carbocycles. The van der Waals surface area contributed by atoms with Gasteiger partial charge >= 0.3 is 0 Å². The number of carbonyl (C=O) groups excluding carboxylic acids is 3. The molecule has 1 aliphatic rings. The molecule has 0 unspecified atom stereocenters. The van der Waals surface area contributed by atoms with Crippen molar-refractivity contribution in [1.29, 1.82) is 0 Å². The molecule has 0 radical (unpaired) electrons. The maximum Gasteiger partial charge on any atom is 0.295 e. The highest BCUT2D eigenvalue weighted by Gasteiger charge is 2.31. The Labute approximate surface area is 165 Å². The summed E-state index contributed by atoms with van der Waals surface area (Å²) < 4.78 is 14.1. The molecule has 29 heavy (non-hydrogen) atoms. The van der Waals surface area contributed by atoms with Gasteiger partial charge in [-0.1, -0.05) is 18.2 Å². The number of Topliss-reactive ketones (excluding diaryl/α,β-unsaturated/α-hetero) is 1. The van der Waals surface area contributed by atoms with Crippen molar-refractivity contribution >= 4 is 28.5 Å². The molecular weight excluding hydrogens is 377 g/mol. The Morgan fingerprint density at radius 2 is 1.59 bits per heavy atom. The third-order valence-corrected chi connectivity index (χ3v) is 5.08. The molecule has 0 atom stereocenters. The Balaban J connectivity index is 1.46. The third kappa shape index (κ3) is 3.33. The van der Waals surface area contributed by atoms with Gasteiger partial charge in [0.25, 0.3) is 17.6 Å². The van der Waals surface area contributed by atoms with Crippen molar-refractivity contribution in [2.75, 3.05) is 26.2 Å². The number of hydrogen-bond donors (Lipinski definition) is 2. The minimum Gasteiger partial charge on any atom is -0.507 e. The molecule has 4 rings (SSSR count). The molecule has 1 aliphatic heterocycles. The number of fused-ring (bicyclic) bond motifs is 1. The number of nitrogens with zero attached hydrogens (tertiary/aromatic N) is 2. The standard InChI is InChI=1S/C21H18FN3O4/c22-15-5-3-6-16-18(15)14(12-23-16)19(27)21(29)25-10-8-24(9-11-25)20(28)13-4-1-2-7-17(13)26/h1-7,12,23,26H,8-11H2. The number of aromatic amines is 1. The zero-order chi connectivity index (χ0) is 20.5. The van der Waals surface area contributed by atoms with Crippen molar-refractivity contribution in [3.63, 3.8) is 0 Å². The van der Waals surface area contributed by atoms with Gasteiger partial charge in [0.05, 0.1) is 11.1 Å². The Hall–Kier alpha value is -3.68. The second-order valence-corrected chi connectivity index (χ2v) is 6.80. The second-order valence-electron chi connectivity index (χ2n) is 6.80. The van der Waals surface area contributed by atoms with Crippen LogP contribution in [0.3, 0.4) is 0 Å². The van der Waals surface area contributed by atoms with Gasteiger partial charge in [-0.3, -0.25) is 14.4 Å². The molecule has 0 spiro atoms. The molecule has 0 saturated carbocycles. The SMILES string of the molecule is O=C(C(=O)N1CCN(C(=O)c2ccccc2O)CC1)c1c[nH]c2cccc(F)c12. The second kappa shape index (κ2) is 7.38. The van der Waals surface area contributed by atoms with E-state index in [4.69, 9.17) is 0 Å². The molecule has 2 heterocycles. The Bertz CT molecular complexity index is 1120. The molecule has 2 amide bonds. The number of amides is 2. The highest BCUT2D eigenvalue weighted by atomic mass is 19.1. The first-order valence-electron chi connectivity index (χ1n) is 9.14. The number of aromatic nitrogens is 1. The van der Waals surface area contributed by atoms with Gasteiger partial charge in [0.1, 0.15) is 11.6 Å². The molecule has 3 aromatic rings. The summed E-state index contributed by atoms with van der Waals surface area (Å²) >= 11 is 0. The first kappa shape index (κ1) is 18.7. The van der Waals surface area contributed by atoms with Crippen LogP contribution in [0.25, 0.3) is 10.9 Å². The van der Waals surface area contributed by atoms with Crippen molar-refractivity contribution in [3.8, 4) is 5.75 Å². The van der Waals surface area contributed by atoms with E-state index in [-0.39, 0.29) is 54.3 Å². The van der Waals surface area contributed by atoms with Gasteiger partial charge in [0, 0.05) is 43.3 Å². The lowest BCUT2D eigenvalue weighted by atomic mass is 10.1. The molecule has 8 heteroatoms. The molecule has 0 bridgehead atoms. The highest BCUT2D eigenvalue weighted by molar-refractivity contribution is 6.44. The van der Waals surface area contributed by atoms with E-state index in [9.17, 15) is 23.9 Å². The van der Waals surface area contributed by atoms with Gasteiger partial charge in [0.15, 0.2) is 0 Å². The molecule has 1 aromatic heterocycles. The number of phenols is 1. The van der Waals surface area contributed by atoms with Crippen LogP contribution in [0.15, 0.2) is 48.7 Å². The Morgan fingerprint density at radius 3 is 2.31 bits per heavy atom. The van der Waals surface area contributed by atoms with Crippen LogP contribution < -0.4 is 0 Å². The summed E-state index contributed by atoms with van der Waals surface area (Å²) in [5.41, 5.74) is 0.632. The van der Waals surface area contributed by atoms with Gasteiger partial charge in [0.2, 0.25) is 0 Å². The topological polar surface area (TPSA) is 93.7 Å². The summed E-state index contributed by atoms with van der Waals surface area (Å²) in [6.45, 7) is 0.812. The van der Waals surface area contributed by atoms with E-state index in [2.05, 4.69) is 4.98 Å². The first-order chi connectivity index (χ1) is 14.0. The monoisotopic (exact) mass is 395 g/mol. The maximum atomic E-state index is 14.1. The van der Waals surface area contributed by atoms with Crippen LogP contribution in [-0.2, 0) is 4.79 Å². The maximum absolute atomic E-state index is 14.1. The van der Waals surface area contributed by atoms with E-state index in [1.54, 1.807) is 18.2 Å². The number of ketones is 1. The number of halogens is 1. The third-order valence-electron chi connectivity index (χ3n) is 5.08.